The highest BCUT2D eigenvalue weighted by Crippen LogP contribution is 2.28. The fraction of sp³-hybridized carbons (Fsp3) is 0.538. The van der Waals surface area contributed by atoms with E-state index in [2.05, 4.69) is 4.98 Å². The molecule has 1 aliphatic carbocycles. The molecule has 0 unspecified atom stereocenters. The van der Waals surface area contributed by atoms with Crippen molar-refractivity contribution in [3.05, 3.63) is 29.1 Å². The first-order valence-corrected chi connectivity index (χ1v) is 5.67. The third-order valence-electron chi connectivity index (χ3n) is 3.22. The van der Waals surface area contributed by atoms with Gasteiger partial charge in [0.15, 0.2) is 5.78 Å². The molecule has 0 radical (unpaired) electrons. The van der Waals surface area contributed by atoms with E-state index in [0.717, 1.165) is 29.8 Å². The third kappa shape index (κ3) is 2.09. The summed E-state index contributed by atoms with van der Waals surface area (Å²) in [5.41, 5.74) is 2.69. The van der Waals surface area contributed by atoms with Crippen LogP contribution in [0.4, 0.5) is 0 Å². The summed E-state index contributed by atoms with van der Waals surface area (Å²) in [6.45, 7) is 3.88. The summed E-state index contributed by atoms with van der Waals surface area (Å²) in [6.07, 6.45) is 4.53. The molecule has 2 rings (SSSR count). The van der Waals surface area contributed by atoms with Crippen molar-refractivity contribution < 1.29 is 4.79 Å². The van der Waals surface area contributed by atoms with Crippen molar-refractivity contribution in [2.75, 3.05) is 0 Å². The Kier molecular flexibility index (Phi) is 2.85. The maximum atomic E-state index is 12.1. The zero-order valence-corrected chi connectivity index (χ0v) is 9.42. The van der Waals surface area contributed by atoms with Gasteiger partial charge < -0.3 is 0 Å². The topological polar surface area (TPSA) is 30.0 Å². The van der Waals surface area contributed by atoms with E-state index in [-0.39, 0.29) is 5.92 Å². The lowest BCUT2D eigenvalue weighted by Crippen LogP contribution is -2.13. The predicted octanol–water partition coefficient (Wildman–Crippen LogP) is 3.07. The van der Waals surface area contributed by atoms with Crippen LogP contribution in [0.15, 0.2) is 12.1 Å². The van der Waals surface area contributed by atoms with Gasteiger partial charge in [-0.05, 0) is 38.8 Å². The van der Waals surface area contributed by atoms with Crippen LogP contribution in [0.5, 0.6) is 0 Å². The first kappa shape index (κ1) is 10.3. The molecule has 1 aromatic rings. The fourth-order valence-electron chi connectivity index (χ4n) is 2.35. The zero-order chi connectivity index (χ0) is 10.8. The Bertz CT molecular complexity index is 378. The van der Waals surface area contributed by atoms with Gasteiger partial charge in [0, 0.05) is 22.9 Å². The molecule has 0 bridgehead atoms. The van der Waals surface area contributed by atoms with E-state index in [0.29, 0.717) is 5.78 Å². The van der Waals surface area contributed by atoms with Crippen molar-refractivity contribution in [3.63, 3.8) is 0 Å². The molecule has 1 aromatic heterocycles. The molecule has 1 aliphatic rings. The average Bonchev–Trinajstić information content (AvgIpc) is 2.69. The maximum absolute atomic E-state index is 12.1. The summed E-state index contributed by atoms with van der Waals surface area (Å²) < 4.78 is 0. The molecule has 15 heavy (non-hydrogen) atoms. The Balaban J connectivity index is 2.24. The summed E-state index contributed by atoms with van der Waals surface area (Å²) in [6, 6.07) is 3.85. The first-order chi connectivity index (χ1) is 7.18. The van der Waals surface area contributed by atoms with E-state index in [9.17, 15) is 4.79 Å². The number of ketones is 1. The van der Waals surface area contributed by atoms with Crippen LogP contribution in [0.2, 0.25) is 0 Å². The van der Waals surface area contributed by atoms with Crippen molar-refractivity contribution in [1.82, 2.24) is 4.98 Å². The number of carbonyl (C=O) groups excluding carboxylic acids is 1. The molecule has 1 fully saturated rings. The summed E-state index contributed by atoms with van der Waals surface area (Å²) in [4.78, 5) is 16.5. The number of nitrogens with zero attached hydrogens (tertiary/aromatic N) is 1. The molecule has 1 heterocycles. The Morgan fingerprint density at radius 1 is 1.27 bits per heavy atom. The largest absolute Gasteiger partial charge is 0.294 e. The Morgan fingerprint density at radius 2 is 1.93 bits per heavy atom. The van der Waals surface area contributed by atoms with E-state index in [1.165, 1.54) is 12.8 Å². The SMILES string of the molecule is Cc1ccc(C(=O)C2CCCC2)c(C)n1. The molecular weight excluding hydrogens is 186 g/mol. The molecule has 0 aliphatic heterocycles. The summed E-state index contributed by atoms with van der Waals surface area (Å²) in [5.74, 6) is 0.561. The highest BCUT2D eigenvalue weighted by atomic mass is 16.1. The maximum Gasteiger partial charge on any atom is 0.167 e. The van der Waals surface area contributed by atoms with Crippen molar-refractivity contribution >= 4 is 5.78 Å². The number of pyridine rings is 1. The number of rotatable bonds is 2. The molecule has 1 saturated carbocycles. The van der Waals surface area contributed by atoms with Gasteiger partial charge in [-0.15, -0.1) is 0 Å². The second kappa shape index (κ2) is 4.13. The number of carbonyl (C=O) groups is 1. The monoisotopic (exact) mass is 203 g/mol. The van der Waals surface area contributed by atoms with Crippen molar-refractivity contribution in [1.29, 1.82) is 0 Å². The second-order valence-corrected chi connectivity index (χ2v) is 4.43. The zero-order valence-electron chi connectivity index (χ0n) is 9.42. The summed E-state index contributed by atoms with van der Waals surface area (Å²) in [5, 5.41) is 0. The first-order valence-electron chi connectivity index (χ1n) is 5.67. The van der Waals surface area contributed by atoms with E-state index in [4.69, 9.17) is 0 Å². The van der Waals surface area contributed by atoms with Crippen LogP contribution in [-0.4, -0.2) is 10.8 Å². The average molecular weight is 203 g/mol. The lowest BCUT2D eigenvalue weighted by molar-refractivity contribution is 0.0922. The third-order valence-corrected chi connectivity index (χ3v) is 3.22. The van der Waals surface area contributed by atoms with Crippen LogP contribution in [0, 0.1) is 19.8 Å². The number of Topliss-reactive ketones (excluding diaryl/α,β-unsaturated/α-hetero) is 1. The second-order valence-electron chi connectivity index (χ2n) is 4.43. The van der Waals surface area contributed by atoms with Gasteiger partial charge in [0.2, 0.25) is 0 Å². The predicted molar refractivity (Wildman–Crippen MR) is 60.0 cm³/mol. The standard InChI is InChI=1S/C13H17NO/c1-9-7-8-12(10(2)14-9)13(15)11-5-3-4-6-11/h7-8,11H,3-6H2,1-2H3. The van der Waals surface area contributed by atoms with Gasteiger partial charge >= 0.3 is 0 Å². The normalized spacial score (nSPS) is 16.9. The van der Waals surface area contributed by atoms with Gasteiger partial charge in [-0.2, -0.15) is 0 Å². The molecule has 0 N–H and O–H groups in total. The smallest absolute Gasteiger partial charge is 0.167 e. The molecule has 2 heteroatoms. The van der Waals surface area contributed by atoms with Crippen molar-refractivity contribution in [2.24, 2.45) is 5.92 Å². The quantitative estimate of drug-likeness (QED) is 0.691. The van der Waals surface area contributed by atoms with Crippen LogP contribution in [0.25, 0.3) is 0 Å². The molecule has 0 saturated heterocycles. The summed E-state index contributed by atoms with van der Waals surface area (Å²) >= 11 is 0. The Morgan fingerprint density at radius 3 is 2.53 bits per heavy atom. The van der Waals surface area contributed by atoms with Crippen LogP contribution in [0.3, 0.4) is 0 Å². The van der Waals surface area contributed by atoms with Crippen molar-refractivity contribution in [2.45, 2.75) is 39.5 Å². The molecule has 0 aromatic carbocycles. The highest BCUT2D eigenvalue weighted by Gasteiger charge is 2.24. The molecule has 80 valence electrons. The highest BCUT2D eigenvalue weighted by molar-refractivity contribution is 5.98. The van der Waals surface area contributed by atoms with Crippen molar-refractivity contribution in [3.8, 4) is 0 Å². The Hall–Kier alpha value is -1.18. The minimum atomic E-state index is 0.258. The number of aromatic nitrogens is 1. The molecule has 2 nitrogen and oxygen atoms in total. The van der Waals surface area contributed by atoms with Crippen LogP contribution < -0.4 is 0 Å². The van der Waals surface area contributed by atoms with Gasteiger partial charge in [0.05, 0.1) is 0 Å². The van der Waals surface area contributed by atoms with E-state index < -0.39 is 0 Å². The van der Waals surface area contributed by atoms with E-state index in [1.54, 1.807) is 0 Å². The molecule has 0 atom stereocenters. The lowest BCUT2D eigenvalue weighted by atomic mass is 9.95. The number of hydrogen-bond donors (Lipinski definition) is 0. The molecule has 0 amide bonds. The molecular formula is C13H17NO. The Labute approximate surface area is 90.7 Å². The van der Waals surface area contributed by atoms with Crippen LogP contribution in [-0.2, 0) is 0 Å². The van der Waals surface area contributed by atoms with Gasteiger partial charge in [0.1, 0.15) is 0 Å². The van der Waals surface area contributed by atoms with Gasteiger partial charge in [-0.1, -0.05) is 12.8 Å². The van der Waals surface area contributed by atoms with E-state index in [1.807, 2.05) is 26.0 Å². The summed E-state index contributed by atoms with van der Waals surface area (Å²) in [7, 11) is 0. The number of hydrogen-bond acceptors (Lipinski definition) is 2. The lowest BCUT2D eigenvalue weighted by Gasteiger charge is -2.10. The van der Waals surface area contributed by atoms with Crippen LogP contribution >= 0.6 is 0 Å². The van der Waals surface area contributed by atoms with Gasteiger partial charge in [-0.3, -0.25) is 9.78 Å². The number of aryl methyl sites for hydroxylation is 2. The van der Waals surface area contributed by atoms with Gasteiger partial charge in [-0.25, -0.2) is 0 Å². The van der Waals surface area contributed by atoms with E-state index >= 15 is 0 Å². The molecule has 0 spiro atoms. The van der Waals surface area contributed by atoms with Gasteiger partial charge in [0.25, 0.3) is 0 Å². The minimum absolute atomic E-state index is 0.258. The van der Waals surface area contributed by atoms with Crippen LogP contribution in [0.1, 0.15) is 47.4 Å². The minimum Gasteiger partial charge on any atom is -0.294 e. The fourth-order valence-corrected chi connectivity index (χ4v) is 2.35.